The third kappa shape index (κ3) is 2.74. The molecule has 2 N–H and O–H groups in total. The number of para-hydroxylation sites is 1. The van der Waals surface area contributed by atoms with Crippen molar-refractivity contribution in [3.8, 4) is 0 Å². The van der Waals surface area contributed by atoms with Gasteiger partial charge in [-0.3, -0.25) is 4.40 Å². The van der Waals surface area contributed by atoms with Gasteiger partial charge >= 0.3 is 0 Å². The van der Waals surface area contributed by atoms with Crippen LogP contribution in [0.15, 0.2) is 52.4 Å². The lowest BCUT2D eigenvalue weighted by Crippen LogP contribution is -2.15. The van der Waals surface area contributed by atoms with Crippen LogP contribution in [0.1, 0.15) is 26.6 Å². The van der Waals surface area contributed by atoms with E-state index >= 15 is 0 Å². The first-order chi connectivity index (χ1) is 9.95. The Bertz CT molecular complexity index is 786. The number of anilines is 1. The summed E-state index contributed by atoms with van der Waals surface area (Å²) in [6.07, 6.45) is 2.08. The van der Waals surface area contributed by atoms with Gasteiger partial charge in [0.15, 0.2) is 5.65 Å². The van der Waals surface area contributed by atoms with E-state index in [1.54, 1.807) is 11.8 Å². The largest absolute Gasteiger partial charge is 0.398 e. The molecule has 0 radical (unpaired) electrons. The fourth-order valence-corrected chi connectivity index (χ4v) is 3.02. The molecule has 4 nitrogen and oxygen atoms in total. The molecule has 0 saturated carbocycles. The molecule has 5 heteroatoms. The van der Waals surface area contributed by atoms with Crippen LogP contribution in [0.3, 0.4) is 0 Å². The van der Waals surface area contributed by atoms with Gasteiger partial charge in [-0.15, -0.1) is 10.2 Å². The highest BCUT2D eigenvalue weighted by atomic mass is 32.2. The predicted octanol–water partition coefficient (Wildman–Crippen LogP) is 3.76. The molecule has 0 aliphatic heterocycles. The van der Waals surface area contributed by atoms with Crippen LogP contribution < -0.4 is 5.73 Å². The number of aromatic nitrogens is 3. The van der Waals surface area contributed by atoms with Crippen molar-refractivity contribution >= 4 is 23.1 Å². The first-order valence-electron chi connectivity index (χ1n) is 6.83. The SMILES string of the molecule is CC(C)(C)c1nnc2ccc(Sc3ccccc3N)cn12. The van der Waals surface area contributed by atoms with Crippen LogP contribution in [0.5, 0.6) is 0 Å². The summed E-state index contributed by atoms with van der Waals surface area (Å²) in [6, 6.07) is 11.9. The van der Waals surface area contributed by atoms with Gasteiger partial charge in [0.2, 0.25) is 0 Å². The summed E-state index contributed by atoms with van der Waals surface area (Å²) in [7, 11) is 0. The first kappa shape index (κ1) is 13.9. The highest BCUT2D eigenvalue weighted by Crippen LogP contribution is 2.32. The van der Waals surface area contributed by atoms with E-state index in [4.69, 9.17) is 5.73 Å². The average molecular weight is 298 g/mol. The summed E-state index contributed by atoms with van der Waals surface area (Å²) in [5, 5.41) is 8.54. The van der Waals surface area contributed by atoms with Crippen molar-refractivity contribution in [1.82, 2.24) is 14.6 Å². The Balaban J connectivity index is 2.03. The van der Waals surface area contributed by atoms with Crippen LogP contribution in [0.4, 0.5) is 5.69 Å². The van der Waals surface area contributed by atoms with Crippen molar-refractivity contribution in [1.29, 1.82) is 0 Å². The smallest absolute Gasteiger partial charge is 0.160 e. The van der Waals surface area contributed by atoms with Crippen molar-refractivity contribution in [3.63, 3.8) is 0 Å². The second-order valence-corrected chi connectivity index (χ2v) is 7.12. The Kier molecular flexibility index (Phi) is 3.37. The number of nitrogen functional groups attached to an aromatic ring is 1. The van der Waals surface area contributed by atoms with Crippen LogP contribution in [0.2, 0.25) is 0 Å². The zero-order chi connectivity index (χ0) is 15.0. The third-order valence-electron chi connectivity index (χ3n) is 3.19. The van der Waals surface area contributed by atoms with Gasteiger partial charge < -0.3 is 5.73 Å². The Morgan fingerprint density at radius 2 is 1.81 bits per heavy atom. The molecule has 3 rings (SSSR count). The third-order valence-corrected chi connectivity index (χ3v) is 4.26. The summed E-state index contributed by atoms with van der Waals surface area (Å²) in [5.74, 6) is 0.959. The lowest BCUT2D eigenvalue weighted by molar-refractivity contribution is 0.538. The van der Waals surface area contributed by atoms with E-state index in [9.17, 15) is 0 Å². The van der Waals surface area contributed by atoms with Crippen molar-refractivity contribution in [2.75, 3.05) is 5.73 Å². The molecule has 0 unspecified atom stereocenters. The van der Waals surface area contributed by atoms with Gasteiger partial charge in [-0.1, -0.05) is 44.7 Å². The molecular weight excluding hydrogens is 280 g/mol. The number of pyridine rings is 1. The second-order valence-electron chi connectivity index (χ2n) is 6.01. The molecule has 0 bridgehead atoms. The fraction of sp³-hybridized carbons (Fsp3) is 0.250. The molecule has 0 saturated heterocycles. The molecule has 21 heavy (non-hydrogen) atoms. The lowest BCUT2D eigenvalue weighted by Gasteiger charge is -2.16. The summed E-state index contributed by atoms with van der Waals surface area (Å²) in [4.78, 5) is 2.17. The maximum absolute atomic E-state index is 6.01. The first-order valence-corrected chi connectivity index (χ1v) is 7.64. The molecule has 108 valence electrons. The highest BCUT2D eigenvalue weighted by molar-refractivity contribution is 7.99. The minimum atomic E-state index is -0.0471. The van der Waals surface area contributed by atoms with Crippen molar-refractivity contribution in [2.45, 2.75) is 36.0 Å². The number of nitrogens with zero attached hydrogens (tertiary/aromatic N) is 3. The van der Waals surface area contributed by atoms with Crippen LogP contribution in [0, 0.1) is 0 Å². The van der Waals surface area contributed by atoms with E-state index < -0.39 is 0 Å². The summed E-state index contributed by atoms with van der Waals surface area (Å²) in [5.41, 5.74) is 7.62. The van der Waals surface area contributed by atoms with Crippen LogP contribution >= 0.6 is 11.8 Å². The minimum Gasteiger partial charge on any atom is -0.398 e. The quantitative estimate of drug-likeness (QED) is 0.732. The number of benzene rings is 1. The monoisotopic (exact) mass is 298 g/mol. The standard InChI is InChI=1S/C16H18N4S/c1-16(2,3)15-19-18-14-9-8-11(10-20(14)15)21-13-7-5-4-6-12(13)17/h4-10H,17H2,1-3H3. The molecule has 2 heterocycles. The molecule has 0 amide bonds. The molecule has 3 aromatic rings. The lowest BCUT2D eigenvalue weighted by atomic mass is 9.96. The topological polar surface area (TPSA) is 56.2 Å². The van der Waals surface area contributed by atoms with E-state index in [0.717, 1.165) is 26.9 Å². The average Bonchev–Trinajstić information content (AvgIpc) is 2.84. The number of fused-ring (bicyclic) bond motifs is 1. The molecule has 0 aliphatic rings. The summed E-state index contributed by atoms with van der Waals surface area (Å²) < 4.78 is 2.06. The minimum absolute atomic E-state index is 0.0471. The zero-order valence-electron chi connectivity index (χ0n) is 12.4. The van der Waals surface area contributed by atoms with Crippen molar-refractivity contribution in [3.05, 3.63) is 48.4 Å². The van der Waals surface area contributed by atoms with Crippen LogP contribution in [-0.4, -0.2) is 14.6 Å². The Labute approximate surface area is 128 Å². The normalized spacial score (nSPS) is 12.0. The second kappa shape index (κ2) is 5.07. The molecular formula is C16H18N4S. The van der Waals surface area contributed by atoms with E-state index in [1.807, 2.05) is 36.4 Å². The van der Waals surface area contributed by atoms with Crippen molar-refractivity contribution < 1.29 is 0 Å². The number of hydrogen-bond acceptors (Lipinski definition) is 4. The van der Waals surface area contributed by atoms with E-state index in [2.05, 4.69) is 41.6 Å². The fourth-order valence-electron chi connectivity index (χ4n) is 2.14. The van der Waals surface area contributed by atoms with Crippen molar-refractivity contribution in [2.24, 2.45) is 0 Å². The summed E-state index contributed by atoms with van der Waals surface area (Å²) in [6.45, 7) is 6.41. The molecule has 0 fully saturated rings. The van der Waals surface area contributed by atoms with Gasteiger partial charge in [0.25, 0.3) is 0 Å². The Morgan fingerprint density at radius 1 is 1.05 bits per heavy atom. The van der Waals surface area contributed by atoms with Crippen LogP contribution in [0.25, 0.3) is 5.65 Å². The van der Waals surface area contributed by atoms with Gasteiger partial charge in [0.05, 0.1) is 0 Å². The Morgan fingerprint density at radius 3 is 2.52 bits per heavy atom. The van der Waals surface area contributed by atoms with E-state index in [0.29, 0.717) is 0 Å². The van der Waals surface area contributed by atoms with Gasteiger partial charge in [0, 0.05) is 27.1 Å². The maximum Gasteiger partial charge on any atom is 0.160 e. The molecule has 0 spiro atoms. The molecule has 0 atom stereocenters. The Hall–Kier alpha value is -2.01. The number of hydrogen-bond donors (Lipinski definition) is 1. The predicted molar refractivity (Wildman–Crippen MR) is 86.7 cm³/mol. The zero-order valence-corrected chi connectivity index (χ0v) is 13.2. The van der Waals surface area contributed by atoms with Gasteiger partial charge in [-0.05, 0) is 24.3 Å². The molecule has 2 aromatic heterocycles. The summed E-state index contributed by atoms with van der Waals surface area (Å²) >= 11 is 1.65. The van der Waals surface area contributed by atoms with E-state index in [-0.39, 0.29) is 5.41 Å². The van der Waals surface area contributed by atoms with Gasteiger partial charge in [-0.25, -0.2) is 0 Å². The van der Waals surface area contributed by atoms with E-state index in [1.165, 1.54) is 0 Å². The maximum atomic E-state index is 6.01. The molecule has 0 aliphatic carbocycles. The molecule has 1 aromatic carbocycles. The number of nitrogens with two attached hydrogens (primary N) is 1. The van der Waals surface area contributed by atoms with Crippen LogP contribution in [-0.2, 0) is 5.41 Å². The van der Waals surface area contributed by atoms with Gasteiger partial charge in [-0.2, -0.15) is 0 Å². The highest BCUT2D eigenvalue weighted by Gasteiger charge is 2.20. The van der Waals surface area contributed by atoms with Gasteiger partial charge in [0.1, 0.15) is 5.82 Å². The number of rotatable bonds is 2.